The Hall–Kier alpha value is -3.76. The van der Waals surface area contributed by atoms with E-state index in [0.717, 1.165) is 0 Å². The molecule has 0 spiro atoms. The molecule has 23 heavy (non-hydrogen) atoms. The van der Waals surface area contributed by atoms with Crippen molar-refractivity contribution >= 4 is 28.4 Å². The van der Waals surface area contributed by atoms with E-state index in [2.05, 4.69) is 5.32 Å². The average Bonchev–Trinajstić information content (AvgIpc) is 2.47. The van der Waals surface area contributed by atoms with Crippen LogP contribution < -0.4 is 5.32 Å². The average molecular weight is 320 g/mol. The molecule has 0 aromatic heterocycles. The summed E-state index contributed by atoms with van der Waals surface area (Å²) in [7, 11) is 0. The summed E-state index contributed by atoms with van der Waals surface area (Å²) in [5.41, 5.74) is -3.54. The van der Waals surface area contributed by atoms with Crippen molar-refractivity contribution in [3.05, 3.63) is 66.7 Å². The second-order valence-electron chi connectivity index (χ2n) is 4.25. The third-order valence-electron chi connectivity index (χ3n) is 2.85. The molecule has 0 saturated heterocycles. The first-order valence-electron chi connectivity index (χ1n) is 5.98. The number of hydrogen-bond acceptors (Lipinski definition) is 8. The van der Waals surface area contributed by atoms with Gasteiger partial charge in [-0.3, -0.25) is 30.3 Å². The van der Waals surface area contributed by atoms with Crippen LogP contribution in [0.4, 0.5) is 28.4 Å². The summed E-state index contributed by atoms with van der Waals surface area (Å²) in [6, 6.07) is 8.23. The smallest absolute Gasteiger partial charge is 0.348 e. The summed E-state index contributed by atoms with van der Waals surface area (Å²) in [5.74, 6) is -1.26. The highest BCUT2D eigenvalue weighted by atomic mass is 16.6. The Labute approximate surface area is 127 Å². The van der Waals surface area contributed by atoms with Crippen LogP contribution in [0.2, 0.25) is 0 Å². The number of aromatic hydroxyl groups is 1. The highest BCUT2D eigenvalue weighted by Gasteiger charge is 2.37. The predicted octanol–water partition coefficient (Wildman–Crippen LogP) is 2.86. The Bertz CT molecular complexity index is 807. The molecule has 0 amide bonds. The van der Waals surface area contributed by atoms with E-state index in [4.69, 9.17) is 0 Å². The van der Waals surface area contributed by atoms with Crippen LogP contribution in [0, 0.1) is 30.3 Å². The molecule has 0 aliphatic rings. The minimum atomic E-state index is -1.26. The summed E-state index contributed by atoms with van der Waals surface area (Å²) in [6.45, 7) is 0. The summed E-state index contributed by atoms with van der Waals surface area (Å²) in [5, 5.41) is 45.3. The first-order valence-corrected chi connectivity index (χ1v) is 5.98. The molecule has 2 N–H and O–H groups in total. The zero-order valence-electron chi connectivity index (χ0n) is 11.2. The number of rotatable bonds is 5. The van der Waals surface area contributed by atoms with Crippen molar-refractivity contribution in [2.24, 2.45) is 0 Å². The molecular weight excluding hydrogens is 312 g/mol. The quantitative estimate of drug-likeness (QED) is 0.627. The van der Waals surface area contributed by atoms with Gasteiger partial charge >= 0.3 is 17.1 Å². The number of para-hydroxylation sites is 1. The van der Waals surface area contributed by atoms with Gasteiger partial charge in [-0.05, 0) is 12.1 Å². The summed E-state index contributed by atoms with van der Waals surface area (Å²) in [6.07, 6.45) is 0. The van der Waals surface area contributed by atoms with Crippen LogP contribution in [-0.2, 0) is 0 Å². The Balaban J connectivity index is 2.76. The zero-order chi connectivity index (χ0) is 17.1. The molecule has 2 aromatic carbocycles. The van der Waals surface area contributed by atoms with Gasteiger partial charge < -0.3 is 10.4 Å². The van der Waals surface area contributed by atoms with Gasteiger partial charge in [0.15, 0.2) is 0 Å². The summed E-state index contributed by atoms with van der Waals surface area (Å²) >= 11 is 0. The molecule has 0 aliphatic carbocycles. The molecule has 0 bridgehead atoms. The number of nitrogens with zero attached hydrogens (tertiary/aromatic N) is 3. The summed E-state index contributed by atoms with van der Waals surface area (Å²) < 4.78 is 0. The predicted molar refractivity (Wildman–Crippen MR) is 77.8 cm³/mol. The van der Waals surface area contributed by atoms with Crippen LogP contribution in [0.15, 0.2) is 36.4 Å². The Morgan fingerprint density at radius 1 is 0.870 bits per heavy atom. The number of nitro groups is 3. The molecule has 0 fully saturated rings. The molecule has 2 aromatic rings. The third-order valence-corrected chi connectivity index (χ3v) is 2.85. The van der Waals surface area contributed by atoms with Crippen LogP contribution in [0.1, 0.15) is 0 Å². The van der Waals surface area contributed by atoms with E-state index >= 15 is 0 Å². The largest absolute Gasteiger partial charge is 0.497 e. The maximum atomic E-state index is 11.1. The molecule has 118 valence electrons. The molecule has 0 atom stereocenters. The molecule has 11 nitrogen and oxygen atoms in total. The number of benzene rings is 2. The van der Waals surface area contributed by atoms with Gasteiger partial charge in [-0.2, -0.15) is 0 Å². The van der Waals surface area contributed by atoms with E-state index in [-0.39, 0.29) is 5.69 Å². The Morgan fingerprint density at radius 2 is 1.43 bits per heavy atom. The van der Waals surface area contributed by atoms with Crippen molar-refractivity contribution in [1.82, 2.24) is 0 Å². The van der Waals surface area contributed by atoms with Crippen molar-refractivity contribution in [2.45, 2.75) is 0 Å². The van der Waals surface area contributed by atoms with Gasteiger partial charge in [-0.25, -0.2) is 0 Å². The van der Waals surface area contributed by atoms with Crippen LogP contribution >= 0.6 is 0 Å². The van der Waals surface area contributed by atoms with Crippen molar-refractivity contribution in [3.63, 3.8) is 0 Å². The maximum Gasteiger partial charge on any atom is 0.348 e. The Morgan fingerprint density at radius 3 is 1.91 bits per heavy atom. The number of hydrogen-bond donors (Lipinski definition) is 2. The van der Waals surface area contributed by atoms with Gasteiger partial charge in [-0.15, -0.1) is 0 Å². The topological polar surface area (TPSA) is 162 Å². The number of nitrogens with one attached hydrogen (secondary N) is 1. The lowest BCUT2D eigenvalue weighted by atomic mass is 10.1. The minimum absolute atomic E-state index is 0.270. The first kappa shape index (κ1) is 15.6. The molecule has 11 heteroatoms. The van der Waals surface area contributed by atoms with Crippen molar-refractivity contribution in [1.29, 1.82) is 0 Å². The van der Waals surface area contributed by atoms with Gasteiger partial charge in [0.25, 0.3) is 5.75 Å². The number of anilines is 2. The highest BCUT2D eigenvalue weighted by Crippen LogP contribution is 2.47. The molecule has 2 rings (SSSR count). The second-order valence-corrected chi connectivity index (χ2v) is 4.25. The fourth-order valence-electron chi connectivity index (χ4n) is 1.88. The lowest BCUT2D eigenvalue weighted by Crippen LogP contribution is -2.04. The van der Waals surface area contributed by atoms with Crippen molar-refractivity contribution < 1.29 is 19.9 Å². The number of phenolic OH excluding ortho intramolecular Hbond substituents is 1. The lowest BCUT2D eigenvalue weighted by molar-refractivity contribution is -0.403. The number of phenols is 1. The standard InChI is InChI=1S/C12H8N4O7/c17-12-9(15(20)21)6-8(14(18)19)10(11(12)16(22)23)13-7-4-2-1-3-5-7/h1-6,13,17H. The SMILES string of the molecule is O=[N+]([O-])c1cc([N+](=O)[O-])c(Nc2ccccc2)c([N+](=O)[O-])c1O. The minimum Gasteiger partial charge on any atom is -0.497 e. The monoisotopic (exact) mass is 320 g/mol. The van der Waals surface area contributed by atoms with E-state index in [1.54, 1.807) is 18.2 Å². The normalized spacial score (nSPS) is 10.1. The van der Waals surface area contributed by atoms with Crippen LogP contribution in [0.25, 0.3) is 0 Å². The maximum absolute atomic E-state index is 11.1. The molecule has 0 aliphatic heterocycles. The zero-order valence-corrected chi connectivity index (χ0v) is 11.2. The van der Waals surface area contributed by atoms with E-state index in [1.807, 2.05) is 0 Å². The van der Waals surface area contributed by atoms with Crippen LogP contribution in [0.3, 0.4) is 0 Å². The van der Waals surface area contributed by atoms with Gasteiger partial charge in [-0.1, -0.05) is 18.2 Å². The van der Waals surface area contributed by atoms with E-state index in [0.29, 0.717) is 6.07 Å². The molecule has 0 saturated carbocycles. The van der Waals surface area contributed by atoms with E-state index < -0.39 is 43.3 Å². The molecular formula is C12H8N4O7. The van der Waals surface area contributed by atoms with Gasteiger partial charge in [0, 0.05) is 5.69 Å². The fraction of sp³-hybridized carbons (Fsp3) is 0. The summed E-state index contributed by atoms with van der Waals surface area (Å²) in [4.78, 5) is 29.8. The van der Waals surface area contributed by atoms with Crippen molar-refractivity contribution in [3.8, 4) is 5.75 Å². The first-order chi connectivity index (χ1) is 10.8. The van der Waals surface area contributed by atoms with Gasteiger partial charge in [0.2, 0.25) is 5.69 Å². The van der Waals surface area contributed by atoms with Gasteiger partial charge in [0.1, 0.15) is 6.07 Å². The van der Waals surface area contributed by atoms with Crippen LogP contribution in [0.5, 0.6) is 5.75 Å². The highest BCUT2D eigenvalue weighted by molar-refractivity contribution is 5.86. The fourth-order valence-corrected chi connectivity index (χ4v) is 1.88. The van der Waals surface area contributed by atoms with E-state index in [1.165, 1.54) is 12.1 Å². The molecule has 0 unspecified atom stereocenters. The third kappa shape index (κ3) is 2.97. The van der Waals surface area contributed by atoms with E-state index in [9.17, 15) is 35.4 Å². The van der Waals surface area contributed by atoms with Crippen molar-refractivity contribution in [2.75, 3.05) is 5.32 Å². The van der Waals surface area contributed by atoms with Gasteiger partial charge in [0.05, 0.1) is 14.8 Å². The molecule has 0 heterocycles. The van der Waals surface area contributed by atoms with Crippen LogP contribution in [-0.4, -0.2) is 19.9 Å². The lowest BCUT2D eigenvalue weighted by Gasteiger charge is -2.09. The Kier molecular flexibility index (Phi) is 4.03. The number of nitro benzene ring substituents is 3. The molecule has 0 radical (unpaired) electrons. The second kappa shape index (κ2) is 5.93.